The summed E-state index contributed by atoms with van der Waals surface area (Å²) in [6.45, 7) is 1.45. The number of nitrogens with one attached hydrogen (secondary N) is 1. The minimum Gasteiger partial charge on any atom is -0.371 e. The number of aromatic nitrogens is 1. The number of nitro benzene ring substituents is 1. The van der Waals surface area contributed by atoms with Gasteiger partial charge in [-0.05, 0) is 37.1 Å². The Labute approximate surface area is 149 Å². The van der Waals surface area contributed by atoms with Crippen molar-refractivity contribution in [2.75, 3.05) is 23.3 Å². The molecule has 1 aromatic heterocycles. The van der Waals surface area contributed by atoms with E-state index in [0.29, 0.717) is 10.8 Å². The zero-order valence-electron chi connectivity index (χ0n) is 13.4. The van der Waals surface area contributed by atoms with E-state index in [0.717, 1.165) is 31.6 Å². The minimum absolute atomic E-state index is 0.0434. The van der Waals surface area contributed by atoms with E-state index in [4.69, 9.17) is 11.6 Å². The topological polar surface area (TPSA) is 88.4 Å². The van der Waals surface area contributed by atoms with E-state index >= 15 is 0 Å². The van der Waals surface area contributed by atoms with Gasteiger partial charge in [0, 0.05) is 43.0 Å². The molecule has 0 bridgehead atoms. The van der Waals surface area contributed by atoms with Crippen LogP contribution in [0, 0.1) is 16.0 Å². The molecule has 1 amide bonds. The Kier molecular flexibility index (Phi) is 5.14. The van der Waals surface area contributed by atoms with Gasteiger partial charge in [0.25, 0.3) is 5.69 Å². The number of hydrogen-bond donors (Lipinski definition) is 1. The molecular formula is C17H17ClN4O3. The SMILES string of the molecule is O=C(Nc1ccc(Cl)cn1)C1CCN(c2ccc([N+](=O)[O-])cc2)CC1. The van der Waals surface area contributed by atoms with Crippen LogP contribution in [0.3, 0.4) is 0 Å². The van der Waals surface area contributed by atoms with Gasteiger partial charge in [0.15, 0.2) is 0 Å². The van der Waals surface area contributed by atoms with Gasteiger partial charge in [0.2, 0.25) is 5.91 Å². The van der Waals surface area contributed by atoms with E-state index in [1.54, 1.807) is 24.3 Å². The van der Waals surface area contributed by atoms with Crippen molar-refractivity contribution in [3.8, 4) is 0 Å². The van der Waals surface area contributed by atoms with Gasteiger partial charge < -0.3 is 10.2 Å². The Morgan fingerprint density at radius 1 is 1.20 bits per heavy atom. The van der Waals surface area contributed by atoms with Gasteiger partial charge in [-0.1, -0.05) is 11.6 Å². The lowest BCUT2D eigenvalue weighted by Crippen LogP contribution is -2.38. The van der Waals surface area contributed by atoms with Gasteiger partial charge in [-0.25, -0.2) is 4.98 Å². The summed E-state index contributed by atoms with van der Waals surface area (Å²) in [7, 11) is 0. The van der Waals surface area contributed by atoms with E-state index in [1.165, 1.54) is 18.3 Å². The van der Waals surface area contributed by atoms with E-state index in [-0.39, 0.29) is 17.5 Å². The van der Waals surface area contributed by atoms with Gasteiger partial charge in [0.05, 0.1) is 9.95 Å². The maximum atomic E-state index is 12.3. The summed E-state index contributed by atoms with van der Waals surface area (Å²) < 4.78 is 0. The molecule has 1 fully saturated rings. The number of benzene rings is 1. The molecule has 0 radical (unpaired) electrons. The highest BCUT2D eigenvalue weighted by Crippen LogP contribution is 2.26. The van der Waals surface area contributed by atoms with E-state index in [1.807, 2.05) is 0 Å². The van der Waals surface area contributed by atoms with Crippen LogP contribution in [0.5, 0.6) is 0 Å². The molecule has 25 heavy (non-hydrogen) atoms. The summed E-state index contributed by atoms with van der Waals surface area (Å²) in [6.07, 6.45) is 2.93. The number of hydrogen-bond acceptors (Lipinski definition) is 5. The highest BCUT2D eigenvalue weighted by molar-refractivity contribution is 6.30. The molecular weight excluding hydrogens is 344 g/mol. The second-order valence-corrected chi connectivity index (χ2v) is 6.32. The van der Waals surface area contributed by atoms with Crippen LogP contribution in [0.15, 0.2) is 42.6 Å². The van der Waals surface area contributed by atoms with Gasteiger partial charge in [-0.2, -0.15) is 0 Å². The number of carbonyl (C=O) groups is 1. The second kappa shape index (κ2) is 7.48. The third kappa shape index (κ3) is 4.24. The number of nitrogens with zero attached hydrogens (tertiary/aromatic N) is 3. The van der Waals surface area contributed by atoms with Crippen LogP contribution in [0.1, 0.15) is 12.8 Å². The number of piperidine rings is 1. The highest BCUT2D eigenvalue weighted by atomic mass is 35.5. The Morgan fingerprint density at radius 2 is 1.88 bits per heavy atom. The van der Waals surface area contributed by atoms with Crippen molar-refractivity contribution in [1.29, 1.82) is 0 Å². The predicted molar refractivity (Wildman–Crippen MR) is 95.9 cm³/mol. The van der Waals surface area contributed by atoms with Gasteiger partial charge in [-0.3, -0.25) is 14.9 Å². The quantitative estimate of drug-likeness (QED) is 0.666. The minimum atomic E-state index is -0.412. The number of rotatable bonds is 4. The Bertz CT molecular complexity index is 756. The number of non-ortho nitro benzene ring substituents is 1. The monoisotopic (exact) mass is 360 g/mol. The van der Waals surface area contributed by atoms with Crippen molar-refractivity contribution in [2.45, 2.75) is 12.8 Å². The summed E-state index contributed by atoms with van der Waals surface area (Å²) in [5.41, 5.74) is 1.01. The smallest absolute Gasteiger partial charge is 0.269 e. The van der Waals surface area contributed by atoms with Crippen LogP contribution in [-0.2, 0) is 4.79 Å². The first-order chi connectivity index (χ1) is 12.0. The predicted octanol–water partition coefficient (Wildman–Crippen LogP) is 3.50. The summed E-state index contributed by atoms with van der Waals surface area (Å²) >= 11 is 5.78. The fraction of sp³-hybridized carbons (Fsp3) is 0.294. The first-order valence-electron chi connectivity index (χ1n) is 7.95. The highest BCUT2D eigenvalue weighted by Gasteiger charge is 2.25. The second-order valence-electron chi connectivity index (χ2n) is 5.89. The molecule has 2 heterocycles. The molecule has 130 valence electrons. The molecule has 1 N–H and O–H groups in total. The molecule has 1 aliphatic heterocycles. The van der Waals surface area contributed by atoms with E-state index in [2.05, 4.69) is 15.2 Å². The zero-order valence-corrected chi connectivity index (χ0v) is 14.1. The lowest BCUT2D eigenvalue weighted by atomic mass is 9.95. The molecule has 0 saturated carbocycles. The van der Waals surface area contributed by atoms with Gasteiger partial charge in [-0.15, -0.1) is 0 Å². The lowest BCUT2D eigenvalue weighted by Gasteiger charge is -2.32. The van der Waals surface area contributed by atoms with Crippen molar-refractivity contribution in [3.63, 3.8) is 0 Å². The number of carbonyl (C=O) groups excluding carboxylic acids is 1. The fourth-order valence-corrected chi connectivity index (χ4v) is 2.97. The molecule has 0 spiro atoms. The van der Waals surface area contributed by atoms with Crippen molar-refractivity contribution in [1.82, 2.24) is 4.98 Å². The van der Waals surface area contributed by atoms with Crippen molar-refractivity contribution in [2.24, 2.45) is 5.92 Å². The number of pyridine rings is 1. The van der Waals surface area contributed by atoms with Crippen LogP contribution in [-0.4, -0.2) is 28.9 Å². The largest absolute Gasteiger partial charge is 0.371 e. The Balaban J connectivity index is 1.55. The van der Waals surface area contributed by atoms with Gasteiger partial charge in [0.1, 0.15) is 5.82 Å². The molecule has 1 saturated heterocycles. The maximum absolute atomic E-state index is 12.3. The van der Waals surface area contributed by atoms with Crippen LogP contribution >= 0.6 is 11.6 Å². The molecule has 7 nitrogen and oxygen atoms in total. The van der Waals surface area contributed by atoms with Gasteiger partial charge >= 0.3 is 0 Å². The van der Waals surface area contributed by atoms with Crippen LogP contribution in [0.4, 0.5) is 17.2 Å². The van der Waals surface area contributed by atoms with Crippen LogP contribution in [0.25, 0.3) is 0 Å². The number of halogens is 1. The van der Waals surface area contributed by atoms with E-state index in [9.17, 15) is 14.9 Å². The summed E-state index contributed by atoms with van der Waals surface area (Å²) in [4.78, 5) is 28.8. The molecule has 0 atom stereocenters. The molecule has 2 aromatic rings. The average molecular weight is 361 g/mol. The Hall–Kier alpha value is -2.67. The lowest BCUT2D eigenvalue weighted by molar-refractivity contribution is -0.384. The normalized spacial score (nSPS) is 15.0. The van der Waals surface area contributed by atoms with Crippen molar-refractivity contribution < 1.29 is 9.72 Å². The summed E-state index contributed by atoms with van der Waals surface area (Å²) in [6, 6.07) is 9.85. The van der Waals surface area contributed by atoms with Crippen LogP contribution in [0.2, 0.25) is 5.02 Å². The van der Waals surface area contributed by atoms with Crippen molar-refractivity contribution in [3.05, 3.63) is 57.7 Å². The zero-order chi connectivity index (χ0) is 17.8. The summed E-state index contributed by atoms with van der Waals surface area (Å²) in [5.74, 6) is 0.372. The standard InChI is InChI=1S/C17H17ClN4O3/c18-13-1-6-16(19-11-13)20-17(23)12-7-9-21(10-8-12)14-2-4-15(5-3-14)22(24)25/h1-6,11-12H,7-10H2,(H,19,20,23). The summed E-state index contributed by atoms with van der Waals surface area (Å²) in [5, 5.41) is 14.0. The molecule has 0 aliphatic carbocycles. The molecule has 0 unspecified atom stereocenters. The first kappa shape index (κ1) is 17.2. The molecule has 3 rings (SSSR count). The third-order valence-corrected chi connectivity index (χ3v) is 4.49. The van der Waals surface area contributed by atoms with E-state index < -0.39 is 4.92 Å². The average Bonchev–Trinajstić information content (AvgIpc) is 2.64. The number of nitro groups is 1. The van der Waals surface area contributed by atoms with Crippen LogP contribution < -0.4 is 10.2 Å². The third-order valence-electron chi connectivity index (χ3n) is 4.27. The first-order valence-corrected chi connectivity index (χ1v) is 8.32. The molecule has 1 aliphatic rings. The molecule has 1 aromatic carbocycles. The number of amides is 1. The molecule has 8 heteroatoms. The number of anilines is 2. The fourth-order valence-electron chi connectivity index (χ4n) is 2.86. The Morgan fingerprint density at radius 3 is 2.44 bits per heavy atom. The maximum Gasteiger partial charge on any atom is 0.269 e. The van der Waals surface area contributed by atoms with Crippen molar-refractivity contribution >= 4 is 34.7 Å².